The molecule has 15 heavy (non-hydrogen) atoms. The summed E-state index contributed by atoms with van der Waals surface area (Å²) in [5, 5.41) is 11.3. The molecule has 0 aliphatic heterocycles. The van der Waals surface area contributed by atoms with Gasteiger partial charge in [-0.2, -0.15) is 0 Å². The Bertz CT molecular complexity index is 444. The standard InChI is InChI=1S/C13H13O2/c1-10(14)9-15-13-8-4-6-11-5-2-3-7-12(11)13/h2-10,14H,1H3. The lowest BCUT2D eigenvalue weighted by molar-refractivity contribution is 0.171. The molecule has 0 aliphatic carbocycles. The van der Waals surface area contributed by atoms with Crippen LogP contribution in [0.4, 0.5) is 0 Å². The Labute approximate surface area is 89.1 Å². The van der Waals surface area contributed by atoms with Crippen LogP contribution in [0.15, 0.2) is 42.5 Å². The van der Waals surface area contributed by atoms with Crippen molar-refractivity contribution >= 4 is 10.8 Å². The summed E-state index contributed by atoms with van der Waals surface area (Å²) in [6, 6.07) is 13.9. The number of rotatable bonds is 3. The monoisotopic (exact) mass is 201 g/mol. The Kier molecular flexibility index (Phi) is 2.88. The molecule has 0 saturated heterocycles. The highest BCUT2D eigenvalue weighted by atomic mass is 16.5. The summed E-state index contributed by atoms with van der Waals surface area (Å²) in [7, 11) is 0. The van der Waals surface area contributed by atoms with Crippen molar-refractivity contribution < 1.29 is 9.84 Å². The molecule has 0 heterocycles. The average Bonchev–Trinajstić information content (AvgIpc) is 2.26. The second-order valence-corrected chi connectivity index (χ2v) is 3.47. The summed E-state index contributed by atoms with van der Waals surface area (Å²) >= 11 is 0. The molecule has 0 saturated carbocycles. The van der Waals surface area contributed by atoms with Crippen LogP contribution in [0.25, 0.3) is 10.8 Å². The molecule has 0 spiro atoms. The van der Waals surface area contributed by atoms with E-state index in [2.05, 4.69) is 0 Å². The lowest BCUT2D eigenvalue weighted by Gasteiger charge is -2.09. The Morgan fingerprint density at radius 3 is 2.67 bits per heavy atom. The van der Waals surface area contributed by atoms with Gasteiger partial charge in [0.1, 0.15) is 5.75 Å². The number of aliphatic hydroxyl groups excluding tert-OH is 1. The Balaban J connectivity index is 2.34. The smallest absolute Gasteiger partial charge is 0.163 e. The Morgan fingerprint density at radius 1 is 1.13 bits per heavy atom. The van der Waals surface area contributed by atoms with Crippen LogP contribution in [0.2, 0.25) is 0 Å². The second-order valence-electron chi connectivity index (χ2n) is 3.47. The molecular weight excluding hydrogens is 188 g/mol. The molecule has 0 fully saturated rings. The largest absolute Gasteiger partial charge is 0.483 e. The van der Waals surface area contributed by atoms with E-state index in [-0.39, 0.29) is 0 Å². The maximum atomic E-state index is 9.11. The predicted molar refractivity (Wildman–Crippen MR) is 60.6 cm³/mol. The van der Waals surface area contributed by atoms with Crippen molar-refractivity contribution in [1.29, 1.82) is 0 Å². The van der Waals surface area contributed by atoms with Crippen molar-refractivity contribution in [2.75, 3.05) is 0 Å². The van der Waals surface area contributed by atoms with Gasteiger partial charge in [-0.05, 0) is 18.4 Å². The molecule has 1 atom stereocenters. The van der Waals surface area contributed by atoms with Crippen LogP contribution >= 0.6 is 0 Å². The first-order valence-electron chi connectivity index (χ1n) is 4.93. The van der Waals surface area contributed by atoms with E-state index in [1.165, 1.54) is 6.61 Å². The fraction of sp³-hybridized carbons (Fsp3) is 0.154. The van der Waals surface area contributed by atoms with Crippen molar-refractivity contribution in [2.24, 2.45) is 0 Å². The predicted octanol–water partition coefficient (Wildman–Crippen LogP) is 2.76. The van der Waals surface area contributed by atoms with Crippen molar-refractivity contribution in [3.63, 3.8) is 0 Å². The number of fused-ring (bicyclic) bond motifs is 1. The summed E-state index contributed by atoms with van der Waals surface area (Å²) in [4.78, 5) is 0. The molecule has 0 bridgehead atoms. The number of hydrogen-bond acceptors (Lipinski definition) is 2. The molecule has 1 N–H and O–H groups in total. The van der Waals surface area contributed by atoms with Gasteiger partial charge in [-0.15, -0.1) is 0 Å². The minimum absolute atomic E-state index is 0.566. The van der Waals surface area contributed by atoms with Gasteiger partial charge in [0.25, 0.3) is 0 Å². The third kappa shape index (κ3) is 2.28. The van der Waals surface area contributed by atoms with Crippen LogP contribution in [0.1, 0.15) is 6.92 Å². The van der Waals surface area contributed by atoms with Gasteiger partial charge in [0.2, 0.25) is 0 Å². The lowest BCUT2D eigenvalue weighted by Crippen LogP contribution is -2.05. The molecule has 1 radical (unpaired) electrons. The van der Waals surface area contributed by atoms with Crippen LogP contribution < -0.4 is 4.74 Å². The first-order valence-corrected chi connectivity index (χ1v) is 4.93. The highest BCUT2D eigenvalue weighted by Crippen LogP contribution is 2.25. The van der Waals surface area contributed by atoms with Gasteiger partial charge in [0.15, 0.2) is 6.61 Å². The van der Waals surface area contributed by atoms with E-state index in [4.69, 9.17) is 9.84 Å². The quantitative estimate of drug-likeness (QED) is 0.827. The first kappa shape index (κ1) is 9.99. The first-order chi connectivity index (χ1) is 7.27. The van der Waals surface area contributed by atoms with Crippen molar-refractivity contribution in [2.45, 2.75) is 13.0 Å². The summed E-state index contributed by atoms with van der Waals surface area (Å²) in [6.07, 6.45) is -0.566. The summed E-state index contributed by atoms with van der Waals surface area (Å²) < 4.78 is 5.41. The highest BCUT2D eigenvalue weighted by molar-refractivity contribution is 5.88. The molecule has 0 amide bonds. The maximum absolute atomic E-state index is 9.11. The molecule has 2 aromatic rings. The van der Waals surface area contributed by atoms with Gasteiger partial charge in [0, 0.05) is 5.39 Å². The highest BCUT2D eigenvalue weighted by Gasteiger charge is 2.03. The summed E-state index contributed by atoms with van der Waals surface area (Å²) in [5.74, 6) is 0.772. The molecule has 2 nitrogen and oxygen atoms in total. The number of ether oxygens (including phenoxy) is 1. The van der Waals surface area contributed by atoms with Crippen LogP contribution in [0.5, 0.6) is 5.75 Å². The molecular formula is C13H13O2. The fourth-order valence-corrected chi connectivity index (χ4v) is 1.47. The Morgan fingerprint density at radius 2 is 1.87 bits per heavy atom. The second kappa shape index (κ2) is 4.32. The van der Waals surface area contributed by atoms with Gasteiger partial charge in [0.05, 0.1) is 6.10 Å². The summed E-state index contributed by atoms with van der Waals surface area (Å²) in [5.41, 5.74) is 0. The van der Waals surface area contributed by atoms with Crippen LogP contribution in [-0.4, -0.2) is 11.2 Å². The molecule has 77 valence electrons. The van der Waals surface area contributed by atoms with E-state index in [1.54, 1.807) is 6.92 Å². The third-order valence-corrected chi connectivity index (χ3v) is 2.14. The molecule has 2 rings (SSSR count). The molecule has 0 aliphatic rings. The summed E-state index contributed by atoms with van der Waals surface area (Å²) in [6.45, 7) is 3.08. The molecule has 1 unspecified atom stereocenters. The number of aliphatic hydroxyl groups is 1. The van der Waals surface area contributed by atoms with E-state index in [0.717, 1.165) is 16.5 Å². The zero-order chi connectivity index (χ0) is 10.7. The van der Waals surface area contributed by atoms with Gasteiger partial charge in [-0.25, -0.2) is 0 Å². The van der Waals surface area contributed by atoms with E-state index in [1.807, 2.05) is 42.5 Å². The Hall–Kier alpha value is -1.54. The lowest BCUT2D eigenvalue weighted by atomic mass is 10.1. The van der Waals surface area contributed by atoms with Crippen molar-refractivity contribution in [3.05, 3.63) is 49.1 Å². The molecule has 2 aromatic carbocycles. The topological polar surface area (TPSA) is 29.5 Å². The van der Waals surface area contributed by atoms with Gasteiger partial charge < -0.3 is 9.84 Å². The fourth-order valence-electron chi connectivity index (χ4n) is 1.47. The van der Waals surface area contributed by atoms with E-state index in [9.17, 15) is 0 Å². The van der Waals surface area contributed by atoms with E-state index in [0.29, 0.717) is 0 Å². The van der Waals surface area contributed by atoms with Crippen LogP contribution in [0, 0.1) is 6.61 Å². The number of benzene rings is 2. The zero-order valence-electron chi connectivity index (χ0n) is 8.55. The maximum Gasteiger partial charge on any atom is 0.163 e. The third-order valence-electron chi connectivity index (χ3n) is 2.14. The van der Waals surface area contributed by atoms with Gasteiger partial charge in [-0.1, -0.05) is 36.4 Å². The SMILES string of the molecule is CC(O)[CH]Oc1cccc2ccccc12. The zero-order valence-corrected chi connectivity index (χ0v) is 8.55. The van der Waals surface area contributed by atoms with Crippen LogP contribution in [-0.2, 0) is 0 Å². The van der Waals surface area contributed by atoms with Crippen LogP contribution in [0.3, 0.4) is 0 Å². The van der Waals surface area contributed by atoms with Gasteiger partial charge >= 0.3 is 0 Å². The van der Waals surface area contributed by atoms with E-state index < -0.39 is 6.10 Å². The number of hydrogen-bond donors (Lipinski definition) is 1. The van der Waals surface area contributed by atoms with E-state index >= 15 is 0 Å². The van der Waals surface area contributed by atoms with Crippen molar-refractivity contribution in [1.82, 2.24) is 0 Å². The van der Waals surface area contributed by atoms with Gasteiger partial charge in [-0.3, -0.25) is 0 Å². The minimum Gasteiger partial charge on any atom is -0.483 e. The van der Waals surface area contributed by atoms with Crippen molar-refractivity contribution in [3.8, 4) is 5.75 Å². The molecule has 2 heteroatoms. The molecule has 0 aromatic heterocycles. The average molecular weight is 201 g/mol. The minimum atomic E-state index is -0.566. The normalized spacial score (nSPS) is 12.7.